The van der Waals surface area contributed by atoms with Crippen molar-refractivity contribution in [2.24, 2.45) is 0 Å². The summed E-state index contributed by atoms with van der Waals surface area (Å²) in [6.07, 6.45) is 11.0. The zero-order chi connectivity index (χ0) is 30.3. The van der Waals surface area contributed by atoms with Crippen LogP contribution in [0.1, 0.15) is 27.2 Å². The predicted molar refractivity (Wildman–Crippen MR) is 185 cm³/mol. The molecule has 7 nitrogen and oxygen atoms in total. The van der Waals surface area contributed by atoms with E-state index in [4.69, 9.17) is 41.4 Å². The van der Waals surface area contributed by atoms with Crippen LogP contribution in [-0.4, -0.2) is 37.0 Å². The molecule has 0 saturated carbocycles. The first kappa shape index (κ1) is 32.0. The molecule has 14 heteroatoms. The highest BCUT2D eigenvalue weighted by Gasteiger charge is 2.28. The number of thioether (sulfide) groups is 4. The van der Waals surface area contributed by atoms with Crippen molar-refractivity contribution in [3.05, 3.63) is 125 Å². The number of carbonyl (C=O) groups excluding carboxylic acids is 1. The molecule has 1 N–H and O–H groups in total. The van der Waals surface area contributed by atoms with Crippen molar-refractivity contribution >= 4 is 99.9 Å². The predicted octanol–water partition coefficient (Wildman–Crippen LogP) is 9.31. The lowest BCUT2D eigenvalue weighted by Gasteiger charge is -2.12. The summed E-state index contributed by atoms with van der Waals surface area (Å²) >= 11 is 25.4. The van der Waals surface area contributed by atoms with Crippen LogP contribution in [0, 0.1) is 13.5 Å². The number of nitrogens with zero attached hydrogens (tertiary/aromatic N) is 5. The summed E-state index contributed by atoms with van der Waals surface area (Å²) in [6, 6.07) is 11.7. The van der Waals surface area contributed by atoms with Crippen LogP contribution in [0.5, 0.6) is 0 Å². The second-order valence-corrected chi connectivity index (χ2v) is 15.3. The van der Waals surface area contributed by atoms with E-state index in [2.05, 4.69) is 32.3 Å². The second kappa shape index (κ2) is 15.0. The van der Waals surface area contributed by atoms with Gasteiger partial charge in [0.15, 0.2) is 6.33 Å². The van der Waals surface area contributed by atoms with Gasteiger partial charge >= 0.3 is 0 Å². The molecule has 2 aliphatic rings. The Morgan fingerprint density at radius 3 is 2.12 bits per heavy atom. The van der Waals surface area contributed by atoms with E-state index >= 15 is 0 Å². The molecule has 2 atom stereocenters. The van der Waals surface area contributed by atoms with Gasteiger partial charge in [-0.2, -0.15) is 0 Å². The van der Waals surface area contributed by atoms with E-state index in [0.29, 0.717) is 22.3 Å². The van der Waals surface area contributed by atoms with Crippen molar-refractivity contribution in [1.29, 1.82) is 0 Å². The maximum Gasteiger partial charge on any atom is 0.255 e. The fourth-order valence-electron chi connectivity index (χ4n) is 4.18. The second-order valence-electron chi connectivity index (χ2n) is 9.09. The van der Waals surface area contributed by atoms with Crippen molar-refractivity contribution in [2.45, 2.75) is 17.4 Å². The molecule has 2 aromatic heterocycles. The minimum absolute atomic E-state index is 0.232. The molecule has 43 heavy (non-hydrogen) atoms. The van der Waals surface area contributed by atoms with Gasteiger partial charge in [-0.3, -0.25) is 13.9 Å². The summed E-state index contributed by atoms with van der Waals surface area (Å²) in [5.41, 5.74) is 3.35. The largest absolute Gasteiger partial charge is 0.362 e. The van der Waals surface area contributed by atoms with Crippen molar-refractivity contribution in [3.63, 3.8) is 0 Å². The molecule has 2 saturated heterocycles. The molecule has 1 amide bonds. The van der Waals surface area contributed by atoms with Gasteiger partial charge in [-0.15, -0.1) is 47.0 Å². The van der Waals surface area contributed by atoms with Crippen molar-refractivity contribution in [3.8, 4) is 0 Å². The van der Waals surface area contributed by atoms with Crippen LogP contribution in [0.2, 0.25) is 15.1 Å². The Labute approximate surface area is 281 Å². The first-order chi connectivity index (χ1) is 20.9. The average Bonchev–Trinajstić information content (AvgIpc) is 3.81. The number of hydrogen-bond donors (Lipinski definition) is 1. The van der Waals surface area contributed by atoms with Crippen LogP contribution >= 0.6 is 81.9 Å². The molecule has 220 valence electrons. The Morgan fingerprint density at radius 1 is 0.930 bits per heavy atom. The molecule has 6 rings (SSSR count). The lowest BCUT2D eigenvalue weighted by molar-refractivity contribution is -0.108. The van der Waals surface area contributed by atoms with Crippen LogP contribution in [-0.2, 0) is 4.79 Å². The Balaban J connectivity index is 0.000000171. The standard InChI is InChI=1S/C15H14ClN3OS2.C14H9Cl2N3S2/c1-10-2-3-11(12(16)6-10)13-7-21-15(22-13)14(18-9-20)19-5-4-17-8-19;1-17-13(19-5-4-18-8-19)14-20-7-12(21-14)10-3-2-9(15)6-11(10)16/h2-6,8-9,13H,7H2,1H3,(H,18,20);2-6,8,12H,7H2/b15-14+;14-13+. The van der Waals surface area contributed by atoms with Gasteiger partial charge in [0.25, 0.3) is 5.82 Å². The van der Waals surface area contributed by atoms with Crippen LogP contribution in [0.4, 0.5) is 0 Å². The molecule has 4 heterocycles. The van der Waals surface area contributed by atoms with Gasteiger partial charge in [-0.05, 0) is 41.8 Å². The number of hydrogen-bond acceptors (Lipinski definition) is 7. The first-order valence-electron chi connectivity index (χ1n) is 12.7. The number of amides is 1. The van der Waals surface area contributed by atoms with Crippen LogP contribution in [0.3, 0.4) is 0 Å². The van der Waals surface area contributed by atoms with E-state index < -0.39 is 0 Å². The van der Waals surface area contributed by atoms with Gasteiger partial charge < -0.3 is 10.2 Å². The smallest absolute Gasteiger partial charge is 0.255 e. The van der Waals surface area contributed by atoms with E-state index in [1.165, 1.54) is 0 Å². The molecule has 0 bridgehead atoms. The van der Waals surface area contributed by atoms with Crippen molar-refractivity contribution < 1.29 is 4.79 Å². The topological polar surface area (TPSA) is 69.1 Å². The van der Waals surface area contributed by atoms with E-state index in [0.717, 1.165) is 47.5 Å². The van der Waals surface area contributed by atoms with Gasteiger partial charge in [-0.25, -0.2) is 9.97 Å². The Kier molecular flexibility index (Phi) is 11.2. The van der Waals surface area contributed by atoms with E-state index in [9.17, 15) is 4.79 Å². The Bertz CT molecular complexity index is 1700. The maximum absolute atomic E-state index is 10.9. The fourth-order valence-corrected chi connectivity index (χ4v) is 11.1. The Hall–Kier alpha value is -2.43. The molecular formula is C29H23Cl3N6OS4. The molecule has 2 aliphatic heterocycles. The quantitative estimate of drug-likeness (QED) is 0.158. The zero-order valence-electron chi connectivity index (χ0n) is 22.5. The number of carbonyl (C=O) groups is 1. The van der Waals surface area contributed by atoms with Crippen LogP contribution < -0.4 is 5.32 Å². The minimum atomic E-state index is 0.232. The van der Waals surface area contributed by atoms with E-state index in [-0.39, 0.29) is 10.5 Å². The molecular weight excluding hydrogens is 683 g/mol. The van der Waals surface area contributed by atoms with Crippen molar-refractivity contribution in [1.82, 2.24) is 24.4 Å². The third kappa shape index (κ3) is 7.81. The van der Waals surface area contributed by atoms with Gasteiger partial charge in [-0.1, -0.05) is 59.6 Å². The summed E-state index contributed by atoms with van der Waals surface area (Å²) in [5.74, 6) is 3.14. The number of benzene rings is 2. The van der Waals surface area contributed by atoms with Gasteiger partial charge in [0, 0.05) is 49.5 Å². The number of aromatic nitrogens is 4. The SMILES string of the molecule is Cc1ccc(C2CS/C(=C(/NC=O)n3ccnc3)S2)c(Cl)c1.[C-]#[N+]/C(=C1/SCC(c2ccc(Cl)cc2Cl)S1)n1ccnc1. The zero-order valence-corrected chi connectivity index (χ0v) is 28.0. The molecule has 0 spiro atoms. The Morgan fingerprint density at radius 2 is 1.53 bits per heavy atom. The summed E-state index contributed by atoms with van der Waals surface area (Å²) < 4.78 is 5.61. The van der Waals surface area contributed by atoms with Gasteiger partial charge in [0.2, 0.25) is 6.41 Å². The average molecular weight is 706 g/mol. The molecule has 4 aromatic rings. The molecule has 2 unspecified atom stereocenters. The van der Waals surface area contributed by atoms with Crippen LogP contribution in [0.25, 0.3) is 16.5 Å². The third-order valence-electron chi connectivity index (χ3n) is 6.23. The summed E-state index contributed by atoms with van der Waals surface area (Å²) in [6.45, 7) is 9.42. The monoisotopic (exact) mass is 704 g/mol. The van der Waals surface area contributed by atoms with Crippen molar-refractivity contribution in [2.75, 3.05) is 11.5 Å². The summed E-state index contributed by atoms with van der Waals surface area (Å²) in [7, 11) is 0. The van der Waals surface area contributed by atoms with Crippen LogP contribution in [0.15, 0.2) is 82.3 Å². The number of nitrogens with one attached hydrogen (secondary N) is 1. The molecule has 0 radical (unpaired) electrons. The normalized spacial score (nSPS) is 20.2. The summed E-state index contributed by atoms with van der Waals surface area (Å²) in [5, 5.41) is 5.39. The highest BCUT2D eigenvalue weighted by Crippen LogP contribution is 2.54. The molecule has 0 aliphatic carbocycles. The third-order valence-corrected chi connectivity index (χ3v) is 12.9. The fraction of sp³-hybridized carbons (Fsp3) is 0.172. The highest BCUT2D eigenvalue weighted by atomic mass is 35.5. The lowest BCUT2D eigenvalue weighted by atomic mass is 10.1. The number of aryl methyl sites for hydroxylation is 1. The molecule has 2 aromatic carbocycles. The van der Waals surface area contributed by atoms with E-state index in [1.807, 2.05) is 35.9 Å². The maximum atomic E-state index is 10.9. The number of halogens is 3. The summed E-state index contributed by atoms with van der Waals surface area (Å²) in [4.78, 5) is 22.6. The lowest BCUT2D eigenvalue weighted by Crippen LogP contribution is -2.15. The molecule has 2 fully saturated rings. The number of rotatable bonds is 6. The van der Waals surface area contributed by atoms with Gasteiger partial charge in [0.05, 0.1) is 20.9 Å². The first-order valence-corrected chi connectivity index (χ1v) is 17.6. The van der Waals surface area contributed by atoms with E-state index in [1.54, 1.807) is 88.9 Å². The highest BCUT2D eigenvalue weighted by molar-refractivity contribution is 8.26. The minimum Gasteiger partial charge on any atom is -0.362 e. The van der Waals surface area contributed by atoms with Gasteiger partial charge in [0.1, 0.15) is 12.1 Å². The number of imidazole rings is 2.